The molecule has 34 heavy (non-hydrogen) atoms. The van der Waals surface area contributed by atoms with E-state index in [4.69, 9.17) is 0 Å². The Kier molecular flexibility index (Phi) is 6.29. The maximum Gasteiger partial charge on any atom is 0.426 e. The Bertz CT molecular complexity index is 756. The van der Waals surface area contributed by atoms with Crippen molar-refractivity contribution in [2.24, 2.45) is 47.3 Å². The van der Waals surface area contributed by atoms with E-state index in [1.54, 1.807) is 0 Å². The van der Waals surface area contributed by atoms with E-state index in [0.717, 1.165) is 0 Å². The van der Waals surface area contributed by atoms with Gasteiger partial charge in [0.05, 0.1) is 13.2 Å². The van der Waals surface area contributed by atoms with Gasteiger partial charge in [-0.1, -0.05) is 13.8 Å². The average molecular weight is 512 g/mol. The third-order valence-electron chi connectivity index (χ3n) is 9.44. The Morgan fingerprint density at radius 3 is 1.82 bits per heavy atom. The van der Waals surface area contributed by atoms with Crippen LogP contribution in [-0.4, -0.2) is 56.7 Å². The van der Waals surface area contributed by atoms with E-state index in [9.17, 15) is 26.3 Å². The highest BCUT2D eigenvalue weighted by Gasteiger charge is 2.85. The van der Waals surface area contributed by atoms with Crippen LogP contribution in [0.2, 0.25) is 0 Å². The van der Waals surface area contributed by atoms with E-state index in [1.165, 1.54) is 7.11 Å². The highest BCUT2D eigenvalue weighted by molar-refractivity contribution is 5.26. The van der Waals surface area contributed by atoms with Gasteiger partial charge in [0.25, 0.3) is 11.5 Å². The number of ether oxygens (including phenoxy) is 3. The largest absolute Gasteiger partial charge is 0.426 e. The fourth-order valence-corrected chi connectivity index (χ4v) is 7.80. The van der Waals surface area contributed by atoms with E-state index in [2.05, 4.69) is 14.2 Å². The zero-order valence-corrected chi connectivity index (χ0v) is 19.0. The van der Waals surface area contributed by atoms with Gasteiger partial charge in [0, 0.05) is 25.4 Å². The minimum absolute atomic E-state index is 0.0453. The zero-order chi connectivity index (χ0) is 25.5. The first-order valence-electron chi connectivity index (χ1n) is 11.5. The Labute approximate surface area is 191 Å². The molecule has 4 aliphatic carbocycles. The molecule has 12 heteroatoms. The first kappa shape index (κ1) is 26.3. The lowest BCUT2D eigenvalue weighted by molar-refractivity contribution is -0.407. The minimum atomic E-state index is -6.21. The number of hydrogen-bond donors (Lipinski definition) is 0. The normalized spacial score (nSPS) is 43.1. The predicted molar refractivity (Wildman–Crippen MR) is 101 cm³/mol. The summed E-state index contributed by atoms with van der Waals surface area (Å²) in [5.74, 6) is -8.89. The molecule has 0 aromatic heterocycles. The lowest BCUT2D eigenvalue weighted by Crippen LogP contribution is -2.67. The molecule has 4 fully saturated rings. The van der Waals surface area contributed by atoms with Crippen LogP contribution in [0.3, 0.4) is 0 Å². The Morgan fingerprint density at radius 1 is 0.794 bits per heavy atom. The Morgan fingerprint density at radius 2 is 1.32 bits per heavy atom. The van der Waals surface area contributed by atoms with Crippen molar-refractivity contribution in [3.05, 3.63) is 0 Å². The van der Waals surface area contributed by atoms with E-state index >= 15 is 13.2 Å². The molecule has 0 aliphatic heterocycles. The number of alkyl halides is 9. The maximum absolute atomic E-state index is 16.3. The topological polar surface area (TPSA) is 27.7 Å². The van der Waals surface area contributed by atoms with Crippen molar-refractivity contribution in [2.45, 2.75) is 62.7 Å². The number of halogens is 9. The molecule has 0 aromatic rings. The molecule has 0 aromatic carbocycles. The number of hydrogen-bond acceptors (Lipinski definition) is 3. The predicted octanol–water partition coefficient (Wildman–Crippen LogP) is 6.02. The Balaban J connectivity index is 1.68. The molecule has 9 unspecified atom stereocenters. The van der Waals surface area contributed by atoms with Gasteiger partial charge < -0.3 is 14.2 Å². The summed E-state index contributed by atoms with van der Waals surface area (Å²) in [6, 6.07) is 0. The lowest BCUT2D eigenvalue weighted by atomic mass is 9.59. The molecule has 4 saturated carbocycles. The monoisotopic (exact) mass is 512 g/mol. The molecule has 0 spiro atoms. The molecule has 0 heterocycles. The van der Waals surface area contributed by atoms with Crippen LogP contribution >= 0.6 is 0 Å². The van der Waals surface area contributed by atoms with Gasteiger partial charge >= 0.3 is 12.4 Å². The molecule has 4 bridgehead atoms. The van der Waals surface area contributed by atoms with Gasteiger partial charge in [-0.25, -0.2) is 13.2 Å². The van der Waals surface area contributed by atoms with Crippen LogP contribution in [0.5, 0.6) is 0 Å². The van der Waals surface area contributed by atoms with Gasteiger partial charge in [0.1, 0.15) is 6.79 Å². The SMILES string of the molecule is COCCOCOC(CC1(F)C2CC(C3C4CC(C(C)C4C)C32)C1(F)F)(C(F)(F)F)C(F)(F)F. The summed E-state index contributed by atoms with van der Waals surface area (Å²) in [4.78, 5) is 0. The molecule has 3 nitrogen and oxygen atoms in total. The van der Waals surface area contributed by atoms with Crippen molar-refractivity contribution >= 4 is 0 Å². The van der Waals surface area contributed by atoms with Crippen LogP contribution in [0, 0.1) is 47.3 Å². The van der Waals surface area contributed by atoms with Crippen LogP contribution in [0.1, 0.15) is 33.1 Å². The minimum Gasteiger partial charge on any atom is -0.382 e. The molecule has 198 valence electrons. The first-order valence-corrected chi connectivity index (χ1v) is 11.5. The second-order valence-electron chi connectivity index (χ2n) is 10.5. The van der Waals surface area contributed by atoms with Crippen LogP contribution in [0.15, 0.2) is 0 Å². The van der Waals surface area contributed by atoms with E-state index in [0.29, 0.717) is 6.42 Å². The van der Waals surface area contributed by atoms with Crippen molar-refractivity contribution in [1.82, 2.24) is 0 Å². The standard InChI is InChI=1S/C22H29F9O3/c1-10-11(2)13-6-12(10)16-14-7-15(17(13)16)20(24,25)18(14,23)8-19(21(26,27)28,22(29,30)31)34-9-33-5-4-32-3/h10-17H,4-9H2,1-3H3. The first-order chi connectivity index (χ1) is 15.5. The van der Waals surface area contributed by atoms with Gasteiger partial charge in [-0.15, -0.1) is 0 Å². The summed E-state index contributed by atoms with van der Waals surface area (Å²) < 4.78 is 144. The van der Waals surface area contributed by atoms with Crippen LogP contribution in [0.4, 0.5) is 39.5 Å². The van der Waals surface area contributed by atoms with Crippen molar-refractivity contribution in [3.63, 3.8) is 0 Å². The van der Waals surface area contributed by atoms with Gasteiger partial charge in [-0.2, -0.15) is 26.3 Å². The molecule has 0 N–H and O–H groups in total. The van der Waals surface area contributed by atoms with E-state index in [1.807, 2.05) is 13.8 Å². The molecule has 0 saturated heterocycles. The number of fused-ring (bicyclic) bond motifs is 9. The third kappa shape index (κ3) is 3.36. The van der Waals surface area contributed by atoms with Gasteiger partial charge in [-0.3, -0.25) is 0 Å². The zero-order valence-electron chi connectivity index (χ0n) is 19.0. The van der Waals surface area contributed by atoms with Crippen molar-refractivity contribution in [3.8, 4) is 0 Å². The van der Waals surface area contributed by atoms with Gasteiger partial charge in [0.2, 0.25) is 0 Å². The average Bonchev–Trinajstić information content (AvgIpc) is 3.39. The second kappa shape index (κ2) is 8.13. The number of methoxy groups -OCH3 is 1. The van der Waals surface area contributed by atoms with Gasteiger partial charge in [-0.05, 0) is 48.3 Å². The summed E-state index contributed by atoms with van der Waals surface area (Å²) in [7, 11) is 1.23. The summed E-state index contributed by atoms with van der Waals surface area (Å²) in [6.07, 6.45) is -14.8. The second-order valence-corrected chi connectivity index (χ2v) is 10.5. The van der Waals surface area contributed by atoms with Crippen LogP contribution < -0.4 is 0 Å². The highest BCUT2D eigenvalue weighted by atomic mass is 19.4. The molecule has 4 rings (SSSR count). The molecular formula is C22H29F9O3. The van der Waals surface area contributed by atoms with E-state index < -0.39 is 79.5 Å². The van der Waals surface area contributed by atoms with Crippen molar-refractivity contribution < 1.29 is 53.7 Å². The molecule has 4 aliphatic rings. The summed E-state index contributed by atoms with van der Waals surface area (Å²) in [5.41, 5.74) is -9.15. The lowest BCUT2D eigenvalue weighted by Gasteiger charge is -2.51. The fraction of sp³-hybridized carbons (Fsp3) is 1.00. The third-order valence-corrected chi connectivity index (χ3v) is 9.44. The summed E-state index contributed by atoms with van der Waals surface area (Å²) in [6.45, 7) is 1.77. The molecule has 0 amide bonds. The number of rotatable bonds is 8. The van der Waals surface area contributed by atoms with Gasteiger partial charge in [0.15, 0.2) is 5.67 Å². The quantitative estimate of drug-likeness (QED) is 0.172. The summed E-state index contributed by atoms with van der Waals surface area (Å²) >= 11 is 0. The van der Waals surface area contributed by atoms with Crippen molar-refractivity contribution in [1.29, 1.82) is 0 Å². The highest BCUT2D eigenvalue weighted by Crippen LogP contribution is 2.77. The molecule has 0 radical (unpaired) electrons. The fourth-order valence-electron chi connectivity index (χ4n) is 7.80. The van der Waals surface area contributed by atoms with Crippen LogP contribution in [-0.2, 0) is 14.2 Å². The molecule has 9 atom stereocenters. The summed E-state index contributed by atoms with van der Waals surface area (Å²) in [5, 5.41) is 0. The van der Waals surface area contributed by atoms with Crippen molar-refractivity contribution in [2.75, 3.05) is 27.1 Å². The smallest absolute Gasteiger partial charge is 0.382 e. The van der Waals surface area contributed by atoms with Crippen LogP contribution in [0.25, 0.3) is 0 Å². The molecular weight excluding hydrogens is 483 g/mol. The van der Waals surface area contributed by atoms with E-state index in [-0.39, 0.29) is 30.3 Å². The Hall–Kier alpha value is -0.750. The maximum atomic E-state index is 16.3.